The Kier molecular flexibility index (Phi) is 3.22. The number of hydrogen-bond donors (Lipinski definition) is 2. The third kappa shape index (κ3) is 3.12. The van der Waals surface area contributed by atoms with E-state index in [1.54, 1.807) is 18.2 Å². The van der Waals surface area contributed by atoms with Crippen molar-refractivity contribution in [2.75, 3.05) is 5.73 Å². The summed E-state index contributed by atoms with van der Waals surface area (Å²) in [7, 11) is 0. The van der Waals surface area contributed by atoms with Crippen molar-refractivity contribution in [3.8, 4) is 5.75 Å². The highest BCUT2D eigenvalue weighted by Gasteiger charge is 2.25. The number of carbonyl (C=O) groups excluding carboxylic acids is 1. The van der Waals surface area contributed by atoms with Crippen molar-refractivity contribution in [3.63, 3.8) is 0 Å². The van der Waals surface area contributed by atoms with Crippen LogP contribution in [-0.2, 0) is 0 Å². The lowest BCUT2D eigenvalue weighted by molar-refractivity contribution is 0.0945. The Balaban J connectivity index is 2.20. The fourth-order valence-electron chi connectivity index (χ4n) is 1.57. The van der Waals surface area contributed by atoms with Crippen LogP contribution in [0, 0.1) is 0 Å². The topological polar surface area (TPSA) is 64.3 Å². The fraction of sp³-hybridized carbons (Fsp3) is 0.462. The van der Waals surface area contributed by atoms with Gasteiger partial charge in [-0.3, -0.25) is 4.79 Å². The molecule has 92 valence electrons. The van der Waals surface area contributed by atoms with Gasteiger partial charge in [-0.05, 0) is 38.8 Å². The molecule has 1 amide bonds. The first-order valence-electron chi connectivity index (χ1n) is 5.93. The van der Waals surface area contributed by atoms with Crippen LogP contribution in [0.3, 0.4) is 0 Å². The molecule has 4 nitrogen and oxygen atoms in total. The highest BCUT2D eigenvalue weighted by Crippen LogP contribution is 2.25. The molecule has 0 heterocycles. The van der Waals surface area contributed by atoms with Gasteiger partial charge in [-0.25, -0.2) is 0 Å². The van der Waals surface area contributed by atoms with Crippen molar-refractivity contribution in [2.45, 2.75) is 38.8 Å². The molecule has 4 heteroatoms. The molecule has 0 atom stereocenters. The molecule has 1 aliphatic carbocycles. The van der Waals surface area contributed by atoms with Crippen LogP contribution in [0.25, 0.3) is 0 Å². The van der Waals surface area contributed by atoms with Gasteiger partial charge in [-0.2, -0.15) is 0 Å². The van der Waals surface area contributed by atoms with Crippen molar-refractivity contribution in [3.05, 3.63) is 23.8 Å². The summed E-state index contributed by atoms with van der Waals surface area (Å²) in [6.07, 6.45) is 2.16. The first-order chi connectivity index (χ1) is 8.06. The van der Waals surface area contributed by atoms with Gasteiger partial charge in [-0.1, -0.05) is 0 Å². The Bertz CT molecular complexity index is 425. The van der Waals surface area contributed by atoms with Crippen LogP contribution in [0.4, 0.5) is 5.69 Å². The maximum Gasteiger partial charge on any atom is 0.255 e. The van der Waals surface area contributed by atoms with E-state index in [-0.39, 0.29) is 12.0 Å². The average molecular weight is 234 g/mol. The maximum atomic E-state index is 12.0. The molecule has 1 fully saturated rings. The average Bonchev–Trinajstić information content (AvgIpc) is 3.00. The summed E-state index contributed by atoms with van der Waals surface area (Å²) in [5.74, 6) is 0.473. The van der Waals surface area contributed by atoms with Gasteiger partial charge in [0.25, 0.3) is 5.91 Å². The van der Waals surface area contributed by atoms with E-state index in [0.29, 0.717) is 23.0 Å². The fourth-order valence-corrected chi connectivity index (χ4v) is 1.57. The molecule has 0 bridgehead atoms. The second-order valence-corrected chi connectivity index (χ2v) is 4.67. The zero-order chi connectivity index (χ0) is 12.4. The molecule has 17 heavy (non-hydrogen) atoms. The van der Waals surface area contributed by atoms with Crippen LogP contribution < -0.4 is 15.8 Å². The minimum absolute atomic E-state index is 0.0178. The summed E-state index contributed by atoms with van der Waals surface area (Å²) in [5.41, 5.74) is 6.86. The number of nitrogens with two attached hydrogens (primary N) is 1. The van der Waals surface area contributed by atoms with Crippen LogP contribution >= 0.6 is 0 Å². The van der Waals surface area contributed by atoms with Crippen LogP contribution in [0.15, 0.2) is 18.2 Å². The monoisotopic (exact) mass is 234 g/mol. The Morgan fingerprint density at radius 1 is 1.47 bits per heavy atom. The molecular weight excluding hydrogens is 216 g/mol. The van der Waals surface area contributed by atoms with Crippen molar-refractivity contribution >= 4 is 11.6 Å². The van der Waals surface area contributed by atoms with Gasteiger partial charge in [0.05, 0.1) is 11.7 Å². The number of carbonyl (C=O) groups is 1. The van der Waals surface area contributed by atoms with Crippen molar-refractivity contribution in [2.24, 2.45) is 0 Å². The van der Waals surface area contributed by atoms with E-state index in [0.717, 1.165) is 12.8 Å². The Morgan fingerprint density at radius 2 is 2.18 bits per heavy atom. The summed E-state index contributed by atoms with van der Waals surface area (Å²) < 4.78 is 5.61. The lowest BCUT2D eigenvalue weighted by Gasteiger charge is -2.14. The first-order valence-corrected chi connectivity index (χ1v) is 5.93. The number of anilines is 1. The van der Waals surface area contributed by atoms with E-state index in [2.05, 4.69) is 5.32 Å². The second kappa shape index (κ2) is 4.65. The van der Waals surface area contributed by atoms with E-state index in [1.165, 1.54) is 0 Å². The molecule has 3 N–H and O–H groups in total. The standard InChI is InChI=1S/C13H18N2O2/c1-8(2)17-12-7-9(14)3-6-11(12)13(16)15-10-4-5-10/h3,6-8,10H,4-5,14H2,1-2H3,(H,15,16). The third-order valence-corrected chi connectivity index (χ3v) is 2.53. The van der Waals surface area contributed by atoms with Gasteiger partial charge < -0.3 is 15.8 Å². The van der Waals surface area contributed by atoms with Gasteiger partial charge >= 0.3 is 0 Å². The number of nitrogens with one attached hydrogen (secondary N) is 1. The zero-order valence-corrected chi connectivity index (χ0v) is 10.2. The van der Waals surface area contributed by atoms with E-state index in [1.807, 2.05) is 13.8 Å². The highest BCUT2D eigenvalue weighted by atomic mass is 16.5. The quantitative estimate of drug-likeness (QED) is 0.783. The molecule has 0 spiro atoms. The number of nitrogen functional groups attached to an aromatic ring is 1. The Morgan fingerprint density at radius 3 is 2.76 bits per heavy atom. The Hall–Kier alpha value is -1.71. The van der Waals surface area contributed by atoms with Crippen LogP contribution in [0.2, 0.25) is 0 Å². The van der Waals surface area contributed by atoms with Gasteiger partial charge in [0.15, 0.2) is 0 Å². The van der Waals surface area contributed by atoms with E-state index >= 15 is 0 Å². The predicted molar refractivity (Wildman–Crippen MR) is 67.1 cm³/mol. The Labute approximate surface area is 101 Å². The highest BCUT2D eigenvalue weighted by molar-refractivity contribution is 5.97. The zero-order valence-electron chi connectivity index (χ0n) is 10.2. The number of rotatable bonds is 4. The van der Waals surface area contributed by atoms with E-state index < -0.39 is 0 Å². The lowest BCUT2D eigenvalue weighted by Crippen LogP contribution is -2.26. The third-order valence-electron chi connectivity index (χ3n) is 2.53. The van der Waals surface area contributed by atoms with Crippen LogP contribution in [0.1, 0.15) is 37.0 Å². The predicted octanol–water partition coefficient (Wildman–Crippen LogP) is 1.95. The number of benzene rings is 1. The van der Waals surface area contributed by atoms with Gasteiger partial charge in [0.1, 0.15) is 5.75 Å². The lowest BCUT2D eigenvalue weighted by atomic mass is 10.1. The van der Waals surface area contributed by atoms with Gasteiger partial charge in [0.2, 0.25) is 0 Å². The minimum atomic E-state index is -0.0804. The molecule has 1 aromatic carbocycles. The van der Waals surface area contributed by atoms with Crippen molar-refractivity contribution < 1.29 is 9.53 Å². The SMILES string of the molecule is CC(C)Oc1cc(N)ccc1C(=O)NC1CC1. The van der Waals surface area contributed by atoms with Crippen molar-refractivity contribution in [1.82, 2.24) is 5.32 Å². The summed E-state index contributed by atoms with van der Waals surface area (Å²) >= 11 is 0. The molecule has 2 rings (SSSR count). The van der Waals surface area contributed by atoms with E-state index in [9.17, 15) is 4.79 Å². The summed E-state index contributed by atoms with van der Waals surface area (Å²) in [4.78, 5) is 12.0. The van der Waals surface area contributed by atoms with Crippen LogP contribution in [0.5, 0.6) is 5.75 Å². The smallest absolute Gasteiger partial charge is 0.255 e. The van der Waals surface area contributed by atoms with Gasteiger partial charge in [-0.15, -0.1) is 0 Å². The molecule has 1 aliphatic rings. The summed E-state index contributed by atoms with van der Waals surface area (Å²) in [5, 5.41) is 2.94. The second-order valence-electron chi connectivity index (χ2n) is 4.67. The van der Waals surface area contributed by atoms with Crippen molar-refractivity contribution in [1.29, 1.82) is 0 Å². The van der Waals surface area contributed by atoms with Crippen LogP contribution in [-0.4, -0.2) is 18.1 Å². The molecule has 0 radical (unpaired) electrons. The van der Waals surface area contributed by atoms with Gasteiger partial charge in [0, 0.05) is 17.8 Å². The number of hydrogen-bond acceptors (Lipinski definition) is 3. The largest absolute Gasteiger partial charge is 0.490 e. The molecule has 1 aromatic rings. The summed E-state index contributed by atoms with van der Waals surface area (Å²) in [6, 6.07) is 5.47. The molecular formula is C13H18N2O2. The minimum Gasteiger partial charge on any atom is -0.490 e. The molecule has 0 unspecified atom stereocenters. The maximum absolute atomic E-state index is 12.0. The molecule has 0 saturated heterocycles. The normalized spacial score (nSPS) is 14.8. The molecule has 0 aliphatic heterocycles. The van der Waals surface area contributed by atoms with E-state index in [4.69, 9.17) is 10.5 Å². The first kappa shape index (κ1) is 11.8. The number of amides is 1. The number of ether oxygens (including phenoxy) is 1. The molecule has 1 saturated carbocycles. The molecule has 0 aromatic heterocycles. The summed E-state index contributed by atoms with van der Waals surface area (Å²) in [6.45, 7) is 3.84.